The van der Waals surface area contributed by atoms with Crippen LogP contribution >= 0.6 is 11.6 Å². The van der Waals surface area contributed by atoms with Gasteiger partial charge in [-0.15, -0.1) is 0 Å². The molecule has 0 aliphatic rings. The molecule has 0 aromatic carbocycles. The lowest BCUT2D eigenvalue weighted by Crippen LogP contribution is -2.32. The highest BCUT2D eigenvalue weighted by Crippen LogP contribution is 2.35. The topological polar surface area (TPSA) is 27.1 Å². The third-order valence-corrected chi connectivity index (χ3v) is 4.60. The Kier molecular flexibility index (Phi) is 8.23. The Labute approximate surface area is 139 Å². The summed E-state index contributed by atoms with van der Waals surface area (Å²) in [4.78, 5) is 0. The van der Waals surface area contributed by atoms with Gasteiger partial charge in [-0.2, -0.15) is 9.49 Å². The zero-order valence-electron chi connectivity index (χ0n) is 14.4. The first-order valence-corrected chi connectivity index (χ1v) is 8.86. The van der Waals surface area contributed by atoms with Crippen molar-refractivity contribution in [3.05, 3.63) is 11.1 Å². The van der Waals surface area contributed by atoms with Crippen molar-refractivity contribution in [2.24, 2.45) is 0 Å². The first kappa shape index (κ1) is 19.3. The molecule has 5 heteroatoms. The second kappa shape index (κ2) is 9.39. The highest BCUT2D eigenvalue weighted by molar-refractivity contribution is 6.30. The van der Waals surface area contributed by atoms with E-state index in [1.807, 2.05) is 0 Å². The molecule has 128 valence electrons. The van der Waals surface area contributed by atoms with Crippen LogP contribution in [-0.2, 0) is 5.54 Å². The fourth-order valence-electron chi connectivity index (χ4n) is 2.89. The fourth-order valence-corrected chi connectivity index (χ4v) is 3.12. The van der Waals surface area contributed by atoms with E-state index in [-0.39, 0.29) is 16.4 Å². The molecule has 22 heavy (non-hydrogen) atoms. The molecule has 1 unspecified atom stereocenters. The standard InChI is InChI=1S/C17H30ClFN2O/c1-5-7-9-10-11-13-17(3,12-8-6-2)21-16(19)14(22-4)15(18)20-21/h5-13H2,1-4H3. The number of ether oxygens (including phenoxy) is 1. The average Bonchev–Trinajstić information content (AvgIpc) is 2.80. The van der Waals surface area contributed by atoms with Gasteiger partial charge in [0.25, 0.3) is 5.95 Å². The zero-order chi connectivity index (χ0) is 16.6. The molecule has 1 aromatic heterocycles. The highest BCUT2D eigenvalue weighted by atomic mass is 35.5. The number of hydrogen-bond acceptors (Lipinski definition) is 2. The van der Waals surface area contributed by atoms with Crippen LogP contribution in [0, 0.1) is 5.95 Å². The lowest BCUT2D eigenvalue weighted by atomic mass is 9.88. The van der Waals surface area contributed by atoms with E-state index in [1.54, 1.807) is 0 Å². The minimum Gasteiger partial charge on any atom is -0.490 e. The van der Waals surface area contributed by atoms with Crippen LogP contribution in [-0.4, -0.2) is 16.9 Å². The van der Waals surface area contributed by atoms with Crippen LogP contribution in [0.1, 0.15) is 78.6 Å². The largest absolute Gasteiger partial charge is 0.490 e. The molecule has 1 heterocycles. The summed E-state index contributed by atoms with van der Waals surface area (Å²) in [5.74, 6) is -0.407. The third-order valence-electron chi connectivity index (χ3n) is 4.35. The number of hydrogen-bond donors (Lipinski definition) is 0. The minimum absolute atomic E-state index is 0.0513. The van der Waals surface area contributed by atoms with Crippen molar-refractivity contribution in [1.82, 2.24) is 9.78 Å². The van der Waals surface area contributed by atoms with Gasteiger partial charge in [-0.1, -0.05) is 70.4 Å². The van der Waals surface area contributed by atoms with E-state index in [0.717, 1.165) is 32.1 Å². The Morgan fingerprint density at radius 1 is 1.09 bits per heavy atom. The quantitative estimate of drug-likeness (QED) is 0.468. The van der Waals surface area contributed by atoms with Crippen molar-refractivity contribution in [1.29, 1.82) is 0 Å². The molecule has 1 atom stereocenters. The summed E-state index contributed by atoms with van der Waals surface area (Å²) in [7, 11) is 1.42. The Morgan fingerprint density at radius 2 is 1.68 bits per heavy atom. The summed E-state index contributed by atoms with van der Waals surface area (Å²) in [6, 6.07) is 0. The van der Waals surface area contributed by atoms with Crippen LogP contribution in [0.2, 0.25) is 5.15 Å². The SMILES string of the molecule is CCCCCCCC(C)(CCCC)n1nc(Cl)c(OC)c1F. The molecule has 1 aromatic rings. The molecule has 0 amide bonds. The Bertz CT molecular complexity index is 450. The Morgan fingerprint density at radius 3 is 2.23 bits per heavy atom. The molecule has 0 N–H and O–H groups in total. The van der Waals surface area contributed by atoms with E-state index >= 15 is 0 Å². The molecule has 0 spiro atoms. The van der Waals surface area contributed by atoms with E-state index in [1.165, 1.54) is 37.5 Å². The van der Waals surface area contributed by atoms with Crippen LogP contribution in [0.4, 0.5) is 4.39 Å². The third kappa shape index (κ3) is 4.87. The van der Waals surface area contributed by atoms with Gasteiger partial charge in [-0.3, -0.25) is 0 Å². The smallest absolute Gasteiger partial charge is 0.256 e. The molecule has 0 fully saturated rings. The maximum absolute atomic E-state index is 14.5. The number of aromatic nitrogens is 2. The molecular formula is C17H30ClFN2O. The Hall–Kier alpha value is -0.770. The van der Waals surface area contributed by atoms with Crippen LogP contribution in [0.25, 0.3) is 0 Å². The van der Waals surface area contributed by atoms with Crippen molar-refractivity contribution in [3.63, 3.8) is 0 Å². The predicted octanol–water partition coefficient (Wildman–Crippen LogP) is 5.95. The van der Waals surface area contributed by atoms with Crippen LogP contribution in [0.15, 0.2) is 0 Å². The van der Waals surface area contributed by atoms with Gasteiger partial charge in [0, 0.05) is 0 Å². The van der Waals surface area contributed by atoms with E-state index < -0.39 is 5.95 Å². The maximum Gasteiger partial charge on any atom is 0.256 e. The summed E-state index contributed by atoms with van der Waals surface area (Å²) < 4.78 is 21.0. The number of unbranched alkanes of at least 4 members (excludes halogenated alkanes) is 5. The van der Waals surface area contributed by atoms with Crippen molar-refractivity contribution >= 4 is 11.6 Å². The molecular weight excluding hydrogens is 303 g/mol. The van der Waals surface area contributed by atoms with Crippen molar-refractivity contribution in [3.8, 4) is 5.75 Å². The number of nitrogens with zero attached hydrogens (tertiary/aromatic N) is 2. The maximum atomic E-state index is 14.5. The van der Waals surface area contributed by atoms with E-state index in [0.29, 0.717) is 0 Å². The summed E-state index contributed by atoms with van der Waals surface area (Å²) in [6.07, 6.45) is 9.94. The normalized spacial score (nSPS) is 14.1. The van der Waals surface area contributed by atoms with Crippen LogP contribution in [0.5, 0.6) is 5.75 Å². The lowest BCUT2D eigenvalue weighted by molar-refractivity contribution is 0.196. The minimum atomic E-state index is -0.459. The van der Waals surface area contributed by atoms with Gasteiger partial charge in [0.05, 0.1) is 12.6 Å². The molecule has 3 nitrogen and oxygen atoms in total. The molecule has 0 radical (unpaired) electrons. The van der Waals surface area contributed by atoms with Gasteiger partial charge in [0.2, 0.25) is 5.75 Å². The fraction of sp³-hybridized carbons (Fsp3) is 0.824. The van der Waals surface area contributed by atoms with E-state index in [9.17, 15) is 4.39 Å². The van der Waals surface area contributed by atoms with Gasteiger partial charge >= 0.3 is 0 Å². The molecule has 0 bridgehead atoms. The van der Waals surface area contributed by atoms with E-state index in [2.05, 4.69) is 25.9 Å². The number of methoxy groups -OCH3 is 1. The molecule has 1 rings (SSSR count). The summed E-state index contributed by atoms with van der Waals surface area (Å²) in [6.45, 7) is 6.43. The Balaban J connectivity index is 2.86. The predicted molar refractivity (Wildman–Crippen MR) is 90.3 cm³/mol. The monoisotopic (exact) mass is 332 g/mol. The van der Waals surface area contributed by atoms with E-state index in [4.69, 9.17) is 16.3 Å². The van der Waals surface area contributed by atoms with Crippen LogP contribution < -0.4 is 4.74 Å². The second-order valence-corrected chi connectivity index (χ2v) is 6.65. The summed E-state index contributed by atoms with van der Waals surface area (Å²) >= 11 is 6.00. The van der Waals surface area contributed by atoms with Crippen molar-refractivity contribution in [2.45, 2.75) is 84.1 Å². The zero-order valence-corrected chi connectivity index (χ0v) is 15.2. The molecule has 0 aliphatic heterocycles. The first-order valence-electron chi connectivity index (χ1n) is 8.48. The summed E-state index contributed by atoms with van der Waals surface area (Å²) in [5.41, 5.74) is -0.341. The van der Waals surface area contributed by atoms with Gasteiger partial charge in [-0.05, 0) is 19.8 Å². The first-order chi connectivity index (χ1) is 10.5. The second-order valence-electron chi connectivity index (χ2n) is 6.29. The van der Waals surface area contributed by atoms with Crippen molar-refractivity contribution in [2.75, 3.05) is 7.11 Å². The van der Waals surface area contributed by atoms with Crippen molar-refractivity contribution < 1.29 is 9.13 Å². The summed E-state index contributed by atoms with van der Waals surface area (Å²) in [5, 5.41) is 4.31. The number of halogens is 2. The van der Waals surface area contributed by atoms with Gasteiger partial charge in [-0.25, -0.2) is 4.68 Å². The van der Waals surface area contributed by atoms with Gasteiger partial charge < -0.3 is 4.74 Å². The molecule has 0 aliphatic carbocycles. The highest BCUT2D eigenvalue weighted by Gasteiger charge is 2.32. The molecule has 0 saturated carbocycles. The lowest BCUT2D eigenvalue weighted by Gasteiger charge is -2.30. The van der Waals surface area contributed by atoms with Gasteiger partial charge in [0.1, 0.15) is 0 Å². The molecule has 0 saturated heterocycles. The average molecular weight is 333 g/mol. The van der Waals surface area contributed by atoms with Crippen LogP contribution in [0.3, 0.4) is 0 Å². The number of rotatable bonds is 11. The van der Waals surface area contributed by atoms with Gasteiger partial charge in [0.15, 0.2) is 5.15 Å².